The summed E-state index contributed by atoms with van der Waals surface area (Å²) in [5.74, 6) is 12.3. The maximum atomic E-state index is 12.4. The smallest absolute Gasteiger partial charge is 0.419 e. The molecule has 6 rings (SSSR count). The maximum absolute atomic E-state index is 12.4. The summed E-state index contributed by atoms with van der Waals surface area (Å²) in [7, 11) is 0. The summed E-state index contributed by atoms with van der Waals surface area (Å²) >= 11 is 0. The van der Waals surface area contributed by atoms with Crippen LogP contribution in [-0.2, 0) is 4.74 Å². The van der Waals surface area contributed by atoms with Gasteiger partial charge in [-0.15, -0.1) is 0 Å². The van der Waals surface area contributed by atoms with Gasteiger partial charge in [0.1, 0.15) is 17.0 Å². The van der Waals surface area contributed by atoms with Gasteiger partial charge in [-0.1, -0.05) is 60.4 Å². The topological polar surface area (TPSA) is 72.8 Å². The van der Waals surface area contributed by atoms with Crippen LogP contribution >= 0.6 is 0 Å². The second-order valence-electron chi connectivity index (χ2n) is 10.1. The van der Waals surface area contributed by atoms with Crippen LogP contribution in [0, 0.1) is 23.7 Å². The van der Waals surface area contributed by atoms with Crippen LogP contribution in [0.5, 0.6) is 0 Å². The third-order valence-corrected chi connectivity index (χ3v) is 5.87. The van der Waals surface area contributed by atoms with Gasteiger partial charge in [0.25, 0.3) is 0 Å². The lowest BCUT2D eigenvalue weighted by atomic mass is 10.2. The summed E-state index contributed by atoms with van der Waals surface area (Å²) in [5, 5.41) is 2.06. The summed E-state index contributed by atoms with van der Waals surface area (Å²) in [6.45, 7) is 5.54. The first kappa shape index (κ1) is 27.0. The largest absolute Gasteiger partial charge is 0.443 e. The summed E-state index contributed by atoms with van der Waals surface area (Å²) in [6.07, 6.45) is 6.69. The number of benzene rings is 2. The molecule has 0 spiro atoms. The number of nitrogens with zero attached hydrogens (tertiary/aromatic N) is 3. The molecule has 200 valence electrons. The Morgan fingerprint density at radius 1 is 0.732 bits per heavy atom. The fourth-order valence-electron chi connectivity index (χ4n) is 4.05. The van der Waals surface area contributed by atoms with E-state index in [1.807, 2.05) is 106 Å². The number of H-pyrrole nitrogens is 1. The van der Waals surface area contributed by atoms with Crippen molar-refractivity contribution >= 4 is 27.9 Å². The number of rotatable bonds is 0. The number of ether oxygens (including phenoxy) is 1. The van der Waals surface area contributed by atoms with Gasteiger partial charge >= 0.3 is 6.09 Å². The molecule has 0 unspecified atom stereocenters. The van der Waals surface area contributed by atoms with Crippen molar-refractivity contribution in [3.8, 4) is 23.7 Å². The molecule has 0 radical (unpaired) electrons. The van der Waals surface area contributed by atoms with Crippen molar-refractivity contribution in [2.24, 2.45) is 0 Å². The Morgan fingerprint density at radius 3 is 1.95 bits per heavy atom. The van der Waals surface area contributed by atoms with E-state index in [1.54, 1.807) is 18.6 Å². The van der Waals surface area contributed by atoms with E-state index in [4.69, 9.17) is 4.74 Å². The number of carbonyl (C=O) groups excluding carboxylic acids is 1. The van der Waals surface area contributed by atoms with Crippen LogP contribution in [0.25, 0.3) is 21.8 Å². The molecule has 0 atom stereocenters. The molecule has 41 heavy (non-hydrogen) atoms. The summed E-state index contributed by atoms with van der Waals surface area (Å²) in [5.41, 5.74) is 4.58. The maximum Gasteiger partial charge on any atom is 0.419 e. The Labute approximate surface area is 239 Å². The molecule has 4 aromatic heterocycles. The standard InChI is InChI=1S/C20H18N2O2.C15H10N2/c1-20(2,3)24-19(23)22-14-15(17-9-4-5-10-18(17)22)11-12-16-8-6-7-13-21-16;1-2-7-15-14(6-1)12(11-17-15)8-9-13-5-3-4-10-16-13/h4-10,13-14H,1-3H3;1-7,10-11,17H. The molecule has 0 saturated carbocycles. The Balaban J connectivity index is 0.000000174. The van der Waals surface area contributed by atoms with Crippen molar-refractivity contribution in [2.75, 3.05) is 0 Å². The van der Waals surface area contributed by atoms with E-state index in [0.717, 1.165) is 38.6 Å². The van der Waals surface area contributed by atoms with Crippen molar-refractivity contribution < 1.29 is 9.53 Å². The minimum atomic E-state index is -0.553. The first-order chi connectivity index (χ1) is 19.9. The highest BCUT2D eigenvalue weighted by atomic mass is 16.6. The SMILES string of the molecule is C(#Cc1c[nH]c2ccccc12)c1ccccn1.CC(C)(C)OC(=O)n1cc(C#Cc2ccccn2)c2ccccc21. The van der Waals surface area contributed by atoms with Gasteiger partial charge in [-0.05, 0) is 69.0 Å². The average Bonchev–Trinajstić information content (AvgIpc) is 3.57. The zero-order chi connectivity index (χ0) is 28.7. The Bertz CT molecular complexity index is 1920. The molecule has 0 aliphatic heterocycles. The zero-order valence-electron chi connectivity index (χ0n) is 23.1. The molecule has 6 nitrogen and oxygen atoms in total. The highest BCUT2D eigenvalue weighted by Crippen LogP contribution is 2.22. The van der Waals surface area contributed by atoms with Crippen molar-refractivity contribution in [1.82, 2.24) is 19.5 Å². The third kappa shape index (κ3) is 6.89. The monoisotopic (exact) mass is 536 g/mol. The van der Waals surface area contributed by atoms with Crippen molar-refractivity contribution in [2.45, 2.75) is 26.4 Å². The van der Waals surface area contributed by atoms with Gasteiger partial charge in [0, 0.05) is 41.1 Å². The van der Waals surface area contributed by atoms with Crippen molar-refractivity contribution in [1.29, 1.82) is 0 Å². The molecule has 0 aliphatic rings. The van der Waals surface area contributed by atoms with Crippen LogP contribution < -0.4 is 0 Å². The van der Waals surface area contributed by atoms with Gasteiger partial charge in [-0.3, -0.25) is 4.57 Å². The fraction of sp³-hybridized carbons (Fsp3) is 0.114. The number of pyridine rings is 2. The number of nitrogens with one attached hydrogen (secondary N) is 1. The molecule has 6 heteroatoms. The number of hydrogen-bond donors (Lipinski definition) is 1. The molecule has 0 bridgehead atoms. The number of aromatic amines is 1. The molecule has 2 aromatic carbocycles. The lowest BCUT2D eigenvalue weighted by molar-refractivity contribution is 0.0544. The highest BCUT2D eigenvalue weighted by molar-refractivity contribution is 5.94. The molecular weight excluding hydrogens is 508 g/mol. The van der Waals surface area contributed by atoms with E-state index >= 15 is 0 Å². The van der Waals surface area contributed by atoms with E-state index in [9.17, 15) is 4.79 Å². The Kier molecular flexibility index (Phi) is 7.95. The molecule has 4 heterocycles. The lowest BCUT2D eigenvalue weighted by Gasteiger charge is -2.19. The molecule has 6 aromatic rings. The number of hydrogen-bond acceptors (Lipinski definition) is 4. The summed E-state index contributed by atoms with van der Waals surface area (Å²) in [4.78, 5) is 24.0. The average molecular weight is 537 g/mol. The zero-order valence-corrected chi connectivity index (χ0v) is 23.1. The number of aromatic nitrogens is 4. The molecule has 0 saturated heterocycles. The molecule has 0 aliphatic carbocycles. The Morgan fingerprint density at radius 2 is 1.32 bits per heavy atom. The predicted octanol–water partition coefficient (Wildman–Crippen LogP) is 7.18. The normalized spacial score (nSPS) is 10.5. The van der Waals surface area contributed by atoms with Gasteiger partial charge in [0.05, 0.1) is 16.6 Å². The molecule has 0 amide bonds. The Hall–Kier alpha value is -5.59. The van der Waals surface area contributed by atoms with Gasteiger partial charge in [-0.25, -0.2) is 14.8 Å². The lowest BCUT2D eigenvalue weighted by Crippen LogP contribution is -2.26. The third-order valence-electron chi connectivity index (χ3n) is 5.87. The van der Waals surface area contributed by atoms with Crippen LogP contribution in [-0.4, -0.2) is 31.2 Å². The second kappa shape index (κ2) is 12.1. The molecule has 1 N–H and O–H groups in total. The second-order valence-corrected chi connectivity index (χ2v) is 10.1. The van der Waals surface area contributed by atoms with Crippen LogP contribution in [0.2, 0.25) is 0 Å². The fourth-order valence-corrected chi connectivity index (χ4v) is 4.05. The first-order valence-corrected chi connectivity index (χ1v) is 13.1. The molecular formula is C35H28N4O2. The van der Waals surface area contributed by atoms with Gasteiger partial charge < -0.3 is 9.72 Å². The number of fused-ring (bicyclic) bond motifs is 2. The van der Waals surface area contributed by atoms with Crippen LogP contribution in [0.15, 0.2) is 110 Å². The highest BCUT2D eigenvalue weighted by Gasteiger charge is 2.20. The quantitative estimate of drug-likeness (QED) is 0.209. The minimum Gasteiger partial charge on any atom is -0.443 e. The van der Waals surface area contributed by atoms with Crippen molar-refractivity contribution in [3.05, 3.63) is 132 Å². The van der Waals surface area contributed by atoms with E-state index < -0.39 is 11.7 Å². The van der Waals surface area contributed by atoms with Crippen LogP contribution in [0.4, 0.5) is 4.79 Å². The van der Waals surface area contributed by atoms with Crippen LogP contribution in [0.1, 0.15) is 43.3 Å². The van der Waals surface area contributed by atoms with E-state index in [0.29, 0.717) is 5.69 Å². The number of para-hydroxylation sites is 2. The van der Waals surface area contributed by atoms with Gasteiger partial charge in [0.2, 0.25) is 0 Å². The number of carbonyl (C=O) groups is 1. The summed E-state index contributed by atoms with van der Waals surface area (Å²) < 4.78 is 6.97. The van der Waals surface area contributed by atoms with Crippen LogP contribution in [0.3, 0.4) is 0 Å². The van der Waals surface area contributed by atoms with E-state index in [1.165, 1.54) is 4.57 Å². The van der Waals surface area contributed by atoms with Crippen molar-refractivity contribution in [3.63, 3.8) is 0 Å². The summed E-state index contributed by atoms with van der Waals surface area (Å²) in [6, 6.07) is 27.1. The van der Waals surface area contributed by atoms with Gasteiger partial charge in [0.15, 0.2) is 0 Å². The van der Waals surface area contributed by atoms with Gasteiger partial charge in [-0.2, -0.15) is 0 Å². The minimum absolute atomic E-state index is 0.412. The van der Waals surface area contributed by atoms with E-state index in [2.05, 4.69) is 44.7 Å². The van der Waals surface area contributed by atoms with E-state index in [-0.39, 0.29) is 0 Å². The predicted molar refractivity (Wildman–Crippen MR) is 162 cm³/mol. The molecule has 0 fully saturated rings. The first-order valence-electron chi connectivity index (χ1n) is 13.1.